The minimum absolute atomic E-state index is 0.134. The smallest absolute Gasteiger partial charge is 0.163 e. The van der Waals surface area contributed by atoms with Crippen LogP contribution in [-0.4, -0.2) is 11.9 Å². The third-order valence-corrected chi connectivity index (χ3v) is 7.66. The van der Waals surface area contributed by atoms with Gasteiger partial charge in [-0.15, -0.1) is 0 Å². The molecule has 0 bridgehead atoms. The Morgan fingerprint density at radius 2 is 2.00 bits per heavy atom. The van der Waals surface area contributed by atoms with Gasteiger partial charge in [0, 0.05) is 29.9 Å². The molecule has 4 aliphatic carbocycles. The molecule has 7 rings (SSSR count). The summed E-state index contributed by atoms with van der Waals surface area (Å²) in [5.41, 5.74) is 11.2. The average molecular weight is 404 g/mol. The Kier molecular flexibility index (Phi) is 3.64. The van der Waals surface area contributed by atoms with Crippen molar-refractivity contribution in [3.05, 3.63) is 99.2 Å². The largest absolute Gasteiger partial charge is 0.489 e. The molecular formula is C29H23O2. The van der Waals surface area contributed by atoms with Gasteiger partial charge in [0.15, 0.2) is 5.78 Å². The van der Waals surface area contributed by atoms with Gasteiger partial charge in [0.05, 0.1) is 0 Å². The van der Waals surface area contributed by atoms with E-state index >= 15 is 0 Å². The van der Waals surface area contributed by atoms with Crippen molar-refractivity contribution >= 4 is 17.4 Å². The molecule has 2 heteroatoms. The molecule has 31 heavy (non-hydrogen) atoms. The molecule has 0 amide bonds. The Balaban J connectivity index is 1.29. The van der Waals surface area contributed by atoms with Gasteiger partial charge in [0.1, 0.15) is 11.9 Å². The summed E-state index contributed by atoms with van der Waals surface area (Å²) in [4.78, 5) is 12.9. The molecule has 2 aromatic carbocycles. The quantitative estimate of drug-likeness (QED) is 0.612. The SMILES string of the molecule is O=C1Cc2c(ccc3c2C=CCC3[C@@H]2Cc3c(ccc4c3[C]=CC4)O2)C2=C1CCC=C2. The van der Waals surface area contributed by atoms with Crippen LogP contribution in [-0.2, 0) is 24.1 Å². The van der Waals surface area contributed by atoms with Gasteiger partial charge in [-0.1, -0.05) is 48.6 Å². The van der Waals surface area contributed by atoms with Gasteiger partial charge in [0.2, 0.25) is 0 Å². The average Bonchev–Trinajstić information content (AvgIpc) is 3.45. The Labute approximate surface area is 182 Å². The zero-order valence-corrected chi connectivity index (χ0v) is 17.4. The molecule has 0 saturated carbocycles. The molecule has 0 saturated heterocycles. The van der Waals surface area contributed by atoms with Crippen LogP contribution in [0.3, 0.4) is 0 Å². The number of carbonyl (C=O) groups excluding carboxylic acids is 1. The monoisotopic (exact) mass is 403 g/mol. The van der Waals surface area contributed by atoms with E-state index in [0.717, 1.165) is 49.0 Å². The summed E-state index contributed by atoms with van der Waals surface area (Å²) in [5, 5.41) is 0. The maximum absolute atomic E-state index is 12.9. The molecule has 0 fully saturated rings. The van der Waals surface area contributed by atoms with Crippen LogP contribution in [0.4, 0.5) is 0 Å². The molecule has 0 aromatic heterocycles. The van der Waals surface area contributed by atoms with E-state index in [1.54, 1.807) is 0 Å². The van der Waals surface area contributed by atoms with Crippen molar-refractivity contribution in [2.24, 2.45) is 0 Å². The Bertz CT molecular complexity index is 1280. The van der Waals surface area contributed by atoms with E-state index in [-0.39, 0.29) is 6.10 Å². The van der Waals surface area contributed by atoms with E-state index in [2.05, 4.69) is 60.7 Å². The van der Waals surface area contributed by atoms with Crippen molar-refractivity contribution < 1.29 is 9.53 Å². The van der Waals surface area contributed by atoms with Crippen molar-refractivity contribution in [2.45, 2.75) is 50.5 Å². The molecule has 1 heterocycles. The summed E-state index contributed by atoms with van der Waals surface area (Å²) in [6.45, 7) is 0. The maximum Gasteiger partial charge on any atom is 0.163 e. The van der Waals surface area contributed by atoms with Crippen LogP contribution in [0.25, 0.3) is 11.6 Å². The molecule has 2 aromatic rings. The van der Waals surface area contributed by atoms with Crippen molar-refractivity contribution in [1.29, 1.82) is 0 Å². The fourth-order valence-electron chi connectivity index (χ4n) is 6.16. The predicted molar refractivity (Wildman–Crippen MR) is 122 cm³/mol. The van der Waals surface area contributed by atoms with Gasteiger partial charge in [0.25, 0.3) is 0 Å². The fraction of sp³-hybridized carbons (Fsp3) is 0.276. The van der Waals surface area contributed by atoms with Crippen LogP contribution in [0.2, 0.25) is 0 Å². The topological polar surface area (TPSA) is 26.3 Å². The molecule has 1 radical (unpaired) electrons. The third kappa shape index (κ3) is 2.48. The van der Waals surface area contributed by atoms with Crippen LogP contribution >= 0.6 is 0 Å². The second-order valence-corrected chi connectivity index (χ2v) is 9.26. The highest BCUT2D eigenvalue weighted by Gasteiger charge is 2.37. The molecule has 1 unspecified atom stereocenters. The first kappa shape index (κ1) is 17.5. The Hall–Kier alpha value is -3.13. The van der Waals surface area contributed by atoms with Crippen molar-refractivity contribution in [2.75, 3.05) is 0 Å². The van der Waals surface area contributed by atoms with E-state index in [4.69, 9.17) is 4.74 Å². The van der Waals surface area contributed by atoms with Crippen molar-refractivity contribution in [3.63, 3.8) is 0 Å². The zero-order valence-electron chi connectivity index (χ0n) is 17.4. The number of Topliss-reactive ketones (excluding diaryl/α,β-unsaturated/α-hetero) is 1. The Morgan fingerprint density at radius 3 is 2.97 bits per heavy atom. The number of hydrogen-bond acceptors (Lipinski definition) is 2. The summed E-state index contributed by atoms with van der Waals surface area (Å²) in [5.74, 6) is 1.64. The molecular weight excluding hydrogens is 380 g/mol. The first-order valence-corrected chi connectivity index (χ1v) is 11.4. The highest BCUT2D eigenvalue weighted by Crippen LogP contribution is 2.46. The van der Waals surface area contributed by atoms with E-state index in [1.165, 1.54) is 38.9 Å². The van der Waals surface area contributed by atoms with Crippen molar-refractivity contribution in [1.82, 2.24) is 0 Å². The standard InChI is InChI=1S/C29H23O2/c30-27-15-25-20-9-4-10-24(21(20)12-13-22(25)19-6-1-2-7-23(19)27)29-16-26-18-8-3-5-17(18)11-14-28(26)31-29/h1,3-4,6,9,11-14,24,29H,2,5,7,10,15-16H2/t24?,29-/m0/s1. The van der Waals surface area contributed by atoms with E-state index < -0.39 is 0 Å². The molecule has 0 spiro atoms. The van der Waals surface area contributed by atoms with Gasteiger partial charge in [-0.25, -0.2) is 0 Å². The van der Waals surface area contributed by atoms with E-state index in [1.807, 2.05) is 0 Å². The van der Waals surface area contributed by atoms with Crippen molar-refractivity contribution in [3.8, 4) is 5.75 Å². The zero-order chi connectivity index (χ0) is 20.5. The normalized spacial score (nSPS) is 24.5. The molecule has 151 valence electrons. The number of fused-ring (bicyclic) bond motifs is 7. The third-order valence-electron chi connectivity index (χ3n) is 7.66. The maximum atomic E-state index is 12.9. The second kappa shape index (κ2) is 6.43. The summed E-state index contributed by atoms with van der Waals surface area (Å²) in [6.07, 6.45) is 19.9. The Morgan fingerprint density at radius 1 is 1.03 bits per heavy atom. The first-order valence-electron chi connectivity index (χ1n) is 11.4. The number of ether oxygens (including phenoxy) is 1. The lowest BCUT2D eigenvalue weighted by Gasteiger charge is -2.31. The number of hydrogen-bond donors (Lipinski definition) is 0. The van der Waals surface area contributed by atoms with Crippen LogP contribution in [0.1, 0.15) is 64.1 Å². The predicted octanol–water partition coefficient (Wildman–Crippen LogP) is 5.68. The molecule has 2 atom stereocenters. The summed E-state index contributed by atoms with van der Waals surface area (Å²) in [6, 6.07) is 8.89. The highest BCUT2D eigenvalue weighted by atomic mass is 16.5. The lowest BCUT2D eigenvalue weighted by atomic mass is 9.74. The number of benzene rings is 2. The summed E-state index contributed by atoms with van der Waals surface area (Å²) >= 11 is 0. The van der Waals surface area contributed by atoms with Gasteiger partial charge >= 0.3 is 0 Å². The van der Waals surface area contributed by atoms with E-state index in [9.17, 15) is 4.79 Å². The van der Waals surface area contributed by atoms with Gasteiger partial charge in [-0.3, -0.25) is 4.79 Å². The molecule has 1 aliphatic heterocycles. The van der Waals surface area contributed by atoms with Gasteiger partial charge in [-0.2, -0.15) is 0 Å². The number of allylic oxidation sites excluding steroid dienone is 6. The van der Waals surface area contributed by atoms with Gasteiger partial charge < -0.3 is 4.74 Å². The number of rotatable bonds is 1. The van der Waals surface area contributed by atoms with Gasteiger partial charge in [-0.05, 0) is 76.8 Å². The number of ketones is 1. The minimum atomic E-state index is 0.134. The summed E-state index contributed by atoms with van der Waals surface area (Å²) in [7, 11) is 0. The lowest BCUT2D eigenvalue weighted by Crippen LogP contribution is -2.26. The molecule has 0 N–H and O–H groups in total. The number of carbonyl (C=O) groups is 1. The van der Waals surface area contributed by atoms with Crippen LogP contribution in [0, 0.1) is 6.08 Å². The summed E-state index contributed by atoms with van der Waals surface area (Å²) < 4.78 is 6.50. The minimum Gasteiger partial charge on any atom is -0.489 e. The highest BCUT2D eigenvalue weighted by molar-refractivity contribution is 6.10. The van der Waals surface area contributed by atoms with Crippen LogP contribution in [0.15, 0.2) is 54.1 Å². The lowest BCUT2D eigenvalue weighted by molar-refractivity contribution is -0.115. The van der Waals surface area contributed by atoms with Crippen LogP contribution < -0.4 is 4.74 Å². The molecule has 5 aliphatic rings. The first-order chi connectivity index (χ1) is 15.3. The fourth-order valence-corrected chi connectivity index (χ4v) is 6.16. The van der Waals surface area contributed by atoms with E-state index in [0.29, 0.717) is 18.1 Å². The van der Waals surface area contributed by atoms with Crippen LogP contribution in [0.5, 0.6) is 5.75 Å². The second-order valence-electron chi connectivity index (χ2n) is 9.26. The molecule has 2 nitrogen and oxygen atoms in total.